The molecule has 21 heavy (non-hydrogen) atoms. The highest BCUT2D eigenvalue weighted by molar-refractivity contribution is 5.99. The van der Waals surface area contributed by atoms with Gasteiger partial charge in [0.15, 0.2) is 0 Å². The minimum absolute atomic E-state index is 0.0295. The Labute approximate surface area is 127 Å². The lowest BCUT2D eigenvalue weighted by atomic mass is 9.96. The van der Waals surface area contributed by atoms with Gasteiger partial charge in [-0.25, -0.2) is 0 Å². The van der Waals surface area contributed by atoms with E-state index in [0.717, 1.165) is 38.0 Å². The van der Waals surface area contributed by atoms with E-state index in [0.29, 0.717) is 17.2 Å². The number of nitrogens with two attached hydrogens (primary N) is 1. The number of hydrogen-bond donors (Lipinski definition) is 2. The molecule has 0 saturated carbocycles. The maximum Gasteiger partial charge on any atom is 0.255 e. The number of anilines is 1. The number of aryl methyl sites for hydroxylation is 1. The first-order chi connectivity index (χ1) is 10.0. The number of piperidine rings is 1. The summed E-state index contributed by atoms with van der Waals surface area (Å²) in [7, 11) is 4.03. The highest BCUT2D eigenvalue weighted by atomic mass is 16.2. The van der Waals surface area contributed by atoms with E-state index in [1.54, 1.807) is 0 Å². The lowest BCUT2D eigenvalue weighted by Gasteiger charge is -2.31. The number of rotatable bonds is 4. The van der Waals surface area contributed by atoms with Crippen molar-refractivity contribution >= 4 is 11.6 Å². The fourth-order valence-corrected chi connectivity index (χ4v) is 2.88. The average Bonchev–Trinajstić information content (AvgIpc) is 2.48. The van der Waals surface area contributed by atoms with Crippen LogP contribution in [0, 0.1) is 12.8 Å². The Balaban J connectivity index is 2.02. The summed E-state index contributed by atoms with van der Waals surface area (Å²) in [5.41, 5.74) is 5.04. The number of amides is 1. The van der Waals surface area contributed by atoms with Crippen LogP contribution in [0.5, 0.6) is 0 Å². The van der Waals surface area contributed by atoms with Gasteiger partial charge in [-0.15, -0.1) is 0 Å². The summed E-state index contributed by atoms with van der Waals surface area (Å²) >= 11 is 0. The molecule has 3 N–H and O–H groups in total. The van der Waals surface area contributed by atoms with Crippen LogP contribution in [0.25, 0.3) is 0 Å². The quantitative estimate of drug-likeness (QED) is 0.654. The van der Waals surface area contributed by atoms with E-state index < -0.39 is 0 Å². The first-order valence-corrected chi connectivity index (χ1v) is 7.52. The van der Waals surface area contributed by atoms with Crippen LogP contribution in [0.4, 0.5) is 5.69 Å². The van der Waals surface area contributed by atoms with Crippen molar-refractivity contribution in [1.82, 2.24) is 9.80 Å². The molecule has 0 radical (unpaired) electrons. The zero-order valence-corrected chi connectivity index (χ0v) is 13.2. The molecule has 0 unspecified atom stereocenters. The number of carbonyl (C=O) groups excluding carboxylic acids is 1. The molecule has 1 fully saturated rings. The van der Waals surface area contributed by atoms with E-state index in [1.165, 1.54) is 0 Å². The molecule has 2 rings (SSSR count). The second kappa shape index (κ2) is 6.91. The van der Waals surface area contributed by atoms with E-state index in [1.807, 2.05) is 37.1 Å². The van der Waals surface area contributed by atoms with Crippen molar-refractivity contribution in [3.05, 3.63) is 29.3 Å². The van der Waals surface area contributed by atoms with Crippen molar-refractivity contribution in [1.29, 1.82) is 0 Å². The van der Waals surface area contributed by atoms with Crippen LogP contribution in [0.15, 0.2) is 18.2 Å². The van der Waals surface area contributed by atoms with Crippen molar-refractivity contribution in [2.24, 2.45) is 11.8 Å². The predicted molar refractivity (Wildman–Crippen MR) is 86.2 cm³/mol. The van der Waals surface area contributed by atoms with Crippen molar-refractivity contribution in [2.45, 2.75) is 19.8 Å². The van der Waals surface area contributed by atoms with Crippen LogP contribution < -0.4 is 11.3 Å². The van der Waals surface area contributed by atoms with Gasteiger partial charge in [-0.2, -0.15) is 0 Å². The predicted octanol–water partition coefficient (Wildman–Crippen LogP) is 1.69. The second-order valence-electron chi connectivity index (χ2n) is 6.13. The van der Waals surface area contributed by atoms with Crippen LogP contribution >= 0.6 is 0 Å². The topological polar surface area (TPSA) is 61.6 Å². The zero-order chi connectivity index (χ0) is 15.4. The molecule has 5 heteroatoms. The van der Waals surface area contributed by atoms with Gasteiger partial charge in [0.25, 0.3) is 5.91 Å². The lowest BCUT2D eigenvalue weighted by molar-refractivity contribution is 0.0748. The summed E-state index contributed by atoms with van der Waals surface area (Å²) in [5, 5.41) is 0. The van der Waals surface area contributed by atoms with E-state index in [9.17, 15) is 4.79 Å². The Morgan fingerprint density at radius 1 is 1.43 bits per heavy atom. The number of hydrogen-bond acceptors (Lipinski definition) is 4. The zero-order valence-electron chi connectivity index (χ0n) is 13.2. The van der Waals surface area contributed by atoms with Gasteiger partial charge < -0.3 is 15.2 Å². The van der Waals surface area contributed by atoms with Gasteiger partial charge >= 0.3 is 0 Å². The number of nitrogens with zero attached hydrogens (tertiary/aromatic N) is 2. The summed E-state index contributed by atoms with van der Waals surface area (Å²) in [6.45, 7) is 5.03. The first kappa shape index (κ1) is 15.8. The van der Waals surface area contributed by atoms with Crippen molar-refractivity contribution in [3.63, 3.8) is 0 Å². The van der Waals surface area contributed by atoms with Crippen molar-refractivity contribution < 1.29 is 4.79 Å². The van der Waals surface area contributed by atoms with Gasteiger partial charge in [0, 0.05) is 13.6 Å². The van der Waals surface area contributed by atoms with Crippen molar-refractivity contribution in [3.8, 4) is 0 Å². The number of likely N-dealkylation sites (tertiary alicyclic amines) is 1. The third-order valence-corrected chi connectivity index (χ3v) is 4.28. The third kappa shape index (κ3) is 3.95. The van der Waals surface area contributed by atoms with Crippen LogP contribution in [0.2, 0.25) is 0 Å². The van der Waals surface area contributed by atoms with Crippen LogP contribution in [-0.2, 0) is 0 Å². The molecule has 0 bridgehead atoms. The first-order valence-electron chi connectivity index (χ1n) is 7.52. The van der Waals surface area contributed by atoms with E-state index in [4.69, 9.17) is 5.84 Å². The average molecular weight is 290 g/mol. The van der Waals surface area contributed by atoms with E-state index >= 15 is 0 Å². The summed E-state index contributed by atoms with van der Waals surface area (Å²) < 4.78 is 0. The molecule has 1 aliphatic rings. The maximum absolute atomic E-state index is 12.6. The monoisotopic (exact) mass is 290 g/mol. The Hall–Kier alpha value is -1.59. The largest absolute Gasteiger partial charge is 0.341 e. The fourth-order valence-electron chi connectivity index (χ4n) is 2.88. The third-order valence-electron chi connectivity index (χ3n) is 4.28. The summed E-state index contributed by atoms with van der Waals surface area (Å²) in [5.74, 6) is 6.15. The van der Waals surface area contributed by atoms with Crippen LogP contribution in [0.3, 0.4) is 0 Å². The smallest absolute Gasteiger partial charge is 0.255 e. The number of benzene rings is 1. The van der Waals surface area contributed by atoms with Crippen LogP contribution in [0.1, 0.15) is 28.8 Å². The molecule has 0 atom stereocenters. The summed E-state index contributed by atoms with van der Waals surface area (Å²) in [6, 6.07) is 5.69. The normalized spacial score (nSPS) is 16.8. The Kier molecular flexibility index (Phi) is 5.20. The van der Waals surface area contributed by atoms with Gasteiger partial charge in [-0.3, -0.25) is 10.6 Å². The fraction of sp³-hybridized carbons (Fsp3) is 0.562. The molecule has 1 amide bonds. The molecule has 0 aliphatic carbocycles. The highest BCUT2D eigenvalue weighted by Gasteiger charge is 2.22. The standard InChI is InChI=1S/C16H26N4O/c1-12-4-5-14(15(10-12)18-17)16(21)20(3)11-13-6-8-19(2)9-7-13/h4-5,10,13,18H,6-9,11,17H2,1-3H3. The number of nitrogens with one attached hydrogen (secondary N) is 1. The SMILES string of the molecule is Cc1ccc(C(=O)N(C)CC2CCN(C)CC2)c(NN)c1. The van der Waals surface area contributed by atoms with Crippen LogP contribution in [-0.4, -0.2) is 49.4 Å². The second-order valence-corrected chi connectivity index (χ2v) is 6.13. The van der Waals surface area contributed by atoms with E-state index in [-0.39, 0.29) is 5.91 Å². The molecular weight excluding hydrogens is 264 g/mol. The lowest BCUT2D eigenvalue weighted by Crippen LogP contribution is -2.38. The molecule has 1 aromatic rings. The maximum atomic E-state index is 12.6. The summed E-state index contributed by atoms with van der Waals surface area (Å²) in [4.78, 5) is 16.8. The Morgan fingerprint density at radius 3 is 2.71 bits per heavy atom. The van der Waals surface area contributed by atoms with Gasteiger partial charge in [-0.05, 0) is 63.5 Å². The molecule has 1 saturated heterocycles. The molecular formula is C16H26N4O. The number of carbonyl (C=O) groups is 1. The Morgan fingerprint density at radius 2 is 2.10 bits per heavy atom. The highest BCUT2D eigenvalue weighted by Crippen LogP contribution is 2.21. The van der Waals surface area contributed by atoms with Crippen molar-refractivity contribution in [2.75, 3.05) is 39.2 Å². The number of hydrazine groups is 1. The Bertz CT molecular complexity index is 495. The molecule has 116 valence electrons. The van der Waals surface area contributed by atoms with Gasteiger partial charge in [-0.1, -0.05) is 6.07 Å². The van der Waals surface area contributed by atoms with E-state index in [2.05, 4.69) is 17.4 Å². The van der Waals surface area contributed by atoms with Gasteiger partial charge in [0.2, 0.25) is 0 Å². The minimum Gasteiger partial charge on any atom is -0.341 e. The van der Waals surface area contributed by atoms with Gasteiger partial charge in [0.05, 0.1) is 11.3 Å². The number of nitrogen functional groups attached to an aromatic ring is 1. The minimum atomic E-state index is 0.0295. The molecule has 5 nitrogen and oxygen atoms in total. The van der Waals surface area contributed by atoms with Gasteiger partial charge in [0.1, 0.15) is 0 Å². The molecule has 0 spiro atoms. The molecule has 1 aromatic carbocycles. The molecule has 1 heterocycles. The summed E-state index contributed by atoms with van der Waals surface area (Å²) in [6.07, 6.45) is 2.31. The molecule has 0 aromatic heterocycles. The molecule has 1 aliphatic heterocycles.